The van der Waals surface area contributed by atoms with Crippen LogP contribution >= 0.6 is 0 Å². The van der Waals surface area contributed by atoms with Crippen molar-refractivity contribution in [1.82, 2.24) is 20.5 Å². The minimum absolute atomic E-state index is 0.172. The highest BCUT2D eigenvalue weighted by molar-refractivity contribution is 5.36. The number of H-pyrrole nitrogens is 1. The number of hydrogen-bond acceptors (Lipinski definition) is 3. The first kappa shape index (κ1) is 12.4. The first-order valence-corrected chi connectivity index (χ1v) is 6.97. The van der Waals surface area contributed by atoms with Crippen LogP contribution in [0.4, 0.5) is 0 Å². The molecule has 1 aromatic heterocycles. The van der Waals surface area contributed by atoms with Crippen LogP contribution in [0.3, 0.4) is 0 Å². The largest absolute Gasteiger partial charge is 0.301 e. The standard InChI is InChI=1S/C15H20N4/c1-10(18-11(2)15-16-9-17-19-15)13-7-6-12-4-3-5-14(12)8-13/h6-11,18H,3-5H2,1-2H3,(H,16,17,19). The Bertz CT molecular complexity index is 547. The smallest absolute Gasteiger partial charge is 0.141 e. The Morgan fingerprint density at radius 1 is 1.16 bits per heavy atom. The predicted molar refractivity (Wildman–Crippen MR) is 74.8 cm³/mol. The summed E-state index contributed by atoms with van der Waals surface area (Å²) in [5.41, 5.74) is 4.41. The van der Waals surface area contributed by atoms with Crippen LogP contribution in [0, 0.1) is 0 Å². The fourth-order valence-electron chi connectivity index (χ4n) is 2.83. The zero-order valence-corrected chi connectivity index (χ0v) is 11.5. The van der Waals surface area contributed by atoms with Crippen LogP contribution in [0.1, 0.15) is 54.9 Å². The topological polar surface area (TPSA) is 53.6 Å². The Kier molecular flexibility index (Phi) is 3.34. The van der Waals surface area contributed by atoms with Gasteiger partial charge in [0.05, 0.1) is 6.04 Å². The van der Waals surface area contributed by atoms with E-state index in [9.17, 15) is 0 Å². The van der Waals surface area contributed by atoms with Crippen LogP contribution in [0.5, 0.6) is 0 Å². The van der Waals surface area contributed by atoms with Crippen molar-refractivity contribution >= 4 is 0 Å². The second kappa shape index (κ2) is 5.13. The lowest BCUT2D eigenvalue weighted by Crippen LogP contribution is -2.23. The summed E-state index contributed by atoms with van der Waals surface area (Å²) in [4.78, 5) is 4.19. The van der Waals surface area contributed by atoms with E-state index in [0.717, 1.165) is 5.82 Å². The molecule has 0 amide bonds. The minimum atomic E-state index is 0.172. The quantitative estimate of drug-likeness (QED) is 0.884. The molecule has 0 bridgehead atoms. The van der Waals surface area contributed by atoms with Crippen molar-refractivity contribution in [3.63, 3.8) is 0 Å². The molecule has 1 aliphatic rings. The average Bonchev–Trinajstić information content (AvgIpc) is 3.09. The Balaban J connectivity index is 1.72. The van der Waals surface area contributed by atoms with Gasteiger partial charge in [0, 0.05) is 6.04 Å². The summed E-state index contributed by atoms with van der Waals surface area (Å²) in [5.74, 6) is 0.882. The maximum absolute atomic E-state index is 4.19. The number of aryl methyl sites for hydroxylation is 2. The molecule has 0 saturated heterocycles. The van der Waals surface area contributed by atoms with E-state index in [1.165, 1.54) is 36.0 Å². The summed E-state index contributed by atoms with van der Waals surface area (Å²) in [6, 6.07) is 7.37. The molecule has 1 aromatic carbocycles. The maximum atomic E-state index is 4.19. The van der Waals surface area contributed by atoms with Gasteiger partial charge >= 0.3 is 0 Å². The van der Waals surface area contributed by atoms with Crippen molar-refractivity contribution in [2.75, 3.05) is 0 Å². The molecule has 0 fully saturated rings. The van der Waals surface area contributed by atoms with Crippen LogP contribution < -0.4 is 5.32 Å². The van der Waals surface area contributed by atoms with Crippen molar-refractivity contribution in [3.05, 3.63) is 47.0 Å². The first-order valence-electron chi connectivity index (χ1n) is 6.97. The van der Waals surface area contributed by atoms with Crippen molar-refractivity contribution in [2.24, 2.45) is 0 Å². The molecule has 2 aromatic rings. The number of fused-ring (bicyclic) bond motifs is 1. The van der Waals surface area contributed by atoms with Gasteiger partial charge in [-0.05, 0) is 49.8 Å². The summed E-state index contributed by atoms with van der Waals surface area (Å²) in [7, 11) is 0. The van der Waals surface area contributed by atoms with Crippen molar-refractivity contribution in [2.45, 2.75) is 45.2 Å². The number of aromatic amines is 1. The molecule has 4 heteroatoms. The third kappa shape index (κ3) is 2.54. The van der Waals surface area contributed by atoms with Crippen LogP contribution in [0.2, 0.25) is 0 Å². The van der Waals surface area contributed by atoms with Gasteiger partial charge in [0.15, 0.2) is 0 Å². The highest BCUT2D eigenvalue weighted by atomic mass is 15.2. The van der Waals surface area contributed by atoms with Gasteiger partial charge in [0.2, 0.25) is 0 Å². The molecule has 0 saturated carbocycles. The number of nitrogens with zero attached hydrogens (tertiary/aromatic N) is 2. The third-order valence-electron chi connectivity index (χ3n) is 3.97. The monoisotopic (exact) mass is 256 g/mol. The molecule has 4 nitrogen and oxygen atoms in total. The molecular weight excluding hydrogens is 236 g/mol. The zero-order chi connectivity index (χ0) is 13.2. The van der Waals surface area contributed by atoms with E-state index in [1.54, 1.807) is 6.33 Å². The minimum Gasteiger partial charge on any atom is -0.301 e. The second-order valence-corrected chi connectivity index (χ2v) is 5.36. The molecule has 0 aliphatic heterocycles. The van der Waals surface area contributed by atoms with E-state index in [2.05, 4.69) is 52.5 Å². The van der Waals surface area contributed by atoms with E-state index < -0.39 is 0 Å². The highest BCUT2D eigenvalue weighted by Gasteiger charge is 2.16. The molecule has 1 aliphatic carbocycles. The van der Waals surface area contributed by atoms with Gasteiger partial charge in [0.25, 0.3) is 0 Å². The number of rotatable bonds is 4. The summed E-state index contributed by atoms with van der Waals surface area (Å²) in [6.45, 7) is 4.30. The fraction of sp³-hybridized carbons (Fsp3) is 0.467. The summed E-state index contributed by atoms with van der Waals surface area (Å²) in [6.07, 6.45) is 5.32. The SMILES string of the molecule is CC(NC(C)c1ncn[nH]1)c1ccc2c(c1)CCC2. The summed E-state index contributed by atoms with van der Waals surface area (Å²) < 4.78 is 0. The van der Waals surface area contributed by atoms with Gasteiger partial charge in [-0.3, -0.25) is 5.10 Å². The van der Waals surface area contributed by atoms with Crippen molar-refractivity contribution in [1.29, 1.82) is 0 Å². The number of benzene rings is 1. The van der Waals surface area contributed by atoms with E-state index in [0.29, 0.717) is 6.04 Å². The fourth-order valence-corrected chi connectivity index (χ4v) is 2.83. The van der Waals surface area contributed by atoms with Gasteiger partial charge in [-0.25, -0.2) is 4.98 Å². The molecule has 2 unspecified atom stereocenters. The Hall–Kier alpha value is -1.68. The Morgan fingerprint density at radius 2 is 2.00 bits per heavy atom. The number of nitrogens with one attached hydrogen (secondary N) is 2. The lowest BCUT2D eigenvalue weighted by molar-refractivity contribution is 0.477. The van der Waals surface area contributed by atoms with E-state index in [4.69, 9.17) is 0 Å². The molecule has 2 atom stereocenters. The molecule has 19 heavy (non-hydrogen) atoms. The molecular formula is C15H20N4. The zero-order valence-electron chi connectivity index (χ0n) is 11.5. The summed E-state index contributed by atoms with van der Waals surface area (Å²) >= 11 is 0. The highest BCUT2D eigenvalue weighted by Crippen LogP contribution is 2.26. The number of hydrogen-bond donors (Lipinski definition) is 2. The van der Waals surface area contributed by atoms with Gasteiger partial charge in [-0.15, -0.1) is 0 Å². The first-order chi connectivity index (χ1) is 9.24. The molecule has 1 heterocycles. The average molecular weight is 256 g/mol. The third-order valence-corrected chi connectivity index (χ3v) is 3.97. The molecule has 0 spiro atoms. The van der Waals surface area contributed by atoms with E-state index in [-0.39, 0.29) is 6.04 Å². The second-order valence-electron chi connectivity index (χ2n) is 5.36. The van der Waals surface area contributed by atoms with E-state index in [1.807, 2.05) is 0 Å². The molecule has 0 radical (unpaired) electrons. The Labute approximate surface area is 113 Å². The molecule has 100 valence electrons. The molecule has 3 rings (SSSR count). The van der Waals surface area contributed by atoms with Gasteiger partial charge in [-0.1, -0.05) is 18.2 Å². The van der Waals surface area contributed by atoms with Gasteiger partial charge in [0.1, 0.15) is 12.2 Å². The van der Waals surface area contributed by atoms with Crippen LogP contribution in [0.15, 0.2) is 24.5 Å². The lowest BCUT2D eigenvalue weighted by atomic mass is 10.0. The van der Waals surface area contributed by atoms with Gasteiger partial charge < -0.3 is 5.32 Å². The van der Waals surface area contributed by atoms with Crippen LogP contribution in [-0.4, -0.2) is 15.2 Å². The van der Waals surface area contributed by atoms with Crippen molar-refractivity contribution in [3.8, 4) is 0 Å². The predicted octanol–water partition coefficient (Wildman–Crippen LogP) is 2.71. The van der Waals surface area contributed by atoms with E-state index >= 15 is 0 Å². The lowest BCUT2D eigenvalue weighted by Gasteiger charge is -2.19. The van der Waals surface area contributed by atoms with Crippen molar-refractivity contribution < 1.29 is 0 Å². The van der Waals surface area contributed by atoms with Gasteiger partial charge in [-0.2, -0.15) is 5.10 Å². The van der Waals surface area contributed by atoms with Crippen LogP contribution in [0.25, 0.3) is 0 Å². The number of aromatic nitrogens is 3. The maximum Gasteiger partial charge on any atom is 0.141 e. The summed E-state index contributed by atoms with van der Waals surface area (Å²) in [5, 5.41) is 10.4. The van der Waals surface area contributed by atoms with Crippen LogP contribution in [-0.2, 0) is 12.8 Å². The molecule has 2 N–H and O–H groups in total. The normalized spacial score (nSPS) is 17.2. The Morgan fingerprint density at radius 3 is 2.79 bits per heavy atom.